The van der Waals surface area contributed by atoms with Crippen LogP contribution in [0.5, 0.6) is 0 Å². The summed E-state index contributed by atoms with van der Waals surface area (Å²) in [6.45, 7) is 7.25. The molecule has 112 valence electrons. The summed E-state index contributed by atoms with van der Waals surface area (Å²) < 4.78 is 17.7. The molecule has 0 aromatic heterocycles. The van der Waals surface area contributed by atoms with Gasteiger partial charge in [0.15, 0.2) is 0 Å². The molecule has 0 unspecified atom stereocenters. The van der Waals surface area contributed by atoms with Gasteiger partial charge in [-0.15, -0.1) is 0 Å². The first-order valence-corrected chi connectivity index (χ1v) is 10.9. The zero-order valence-corrected chi connectivity index (χ0v) is 14.6. The molecule has 0 spiro atoms. The van der Waals surface area contributed by atoms with E-state index < -0.39 is 5.99 Å². The number of hydrogen-bond donors (Lipinski definition) is 0. The Hall–Kier alpha value is -0.500. The Morgan fingerprint density at radius 2 is 1.45 bits per heavy atom. The van der Waals surface area contributed by atoms with E-state index in [-0.39, 0.29) is 0 Å². The molecule has 0 atom stereocenters. The van der Waals surface area contributed by atoms with Gasteiger partial charge in [0.1, 0.15) is 0 Å². The van der Waals surface area contributed by atoms with Crippen LogP contribution >= 0.6 is 21.5 Å². The molecule has 20 heavy (non-hydrogen) atoms. The summed E-state index contributed by atoms with van der Waals surface area (Å²) in [6, 6.07) is 9.48. The van der Waals surface area contributed by atoms with Gasteiger partial charge in [-0.1, -0.05) is 0 Å². The maximum absolute atomic E-state index is 8.84. The van der Waals surface area contributed by atoms with Gasteiger partial charge in [0.05, 0.1) is 0 Å². The van der Waals surface area contributed by atoms with Gasteiger partial charge in [-0.05, 0) is 0 Å². The standard InChI is InChI=1S/C14H21BrNO3P/c1-4-17-20(15,18-5-2,19-6-3)12-14-9-7-13(11-16)8-10-14/h7-10H,4-6,12H2,1-3H3. The summed E-state index contributed by atoms with van der Waals surface area (Å²) in [6.07, 6.45) is 0.507. The predicted molar refractivity (Wildman–Crippen MR) is 85.6 cm³/mol. The minimum atomic E-state index is -3.32. The summed E-state index contributed by atoms with van der Waals surface area (Å²) in [5, 5.41) is 8.84. The van der Waals surface area contributed by atoms with E-state index in [1.54, 1.807) is 12.1 Å². The van der Waals surface area contributed by atoms with Crippen molar-refractivity contribution in [2.24, 2.45) is 0 Å². The molecule has 0 aliphatic carbocycles. The maximum atomic E-state index is 8.84. The van der Waals surface area contributed by atoms with Gasteiger partial charge in [0.2, 0.25) is 0 Å². The average Bonchev–Trinajstić information content (AvgIpc) is 2.40. The zero-order valence-electron chi connectivity index (χ0n) is 12.1. The number of benzene rings is 1. The van der Waals surface area contributed by atoms with Crippen molar-refractivity contribution in [3.63, 3.8) is 0 Å². The van der Waals surface area contributed by atoms with Crippen LogP contribution < -0.4 is 0 Å². The number of nitrogens with zero attached hydrogens (tertiary/aromatic N) is 1. The molecule has 1 aromatic carbocycles. The van der Waals surface area contributed by atoms with Crippen molar-refractivity contribution in [2.45, 2.75) is 26.9 Å². The van der Waals surface area contributed by atoms with E-state index in [1.807, 2.05) is 32.9 Å². The van der Waals surface area contributed by atoms with Gasteiger partial charge < -0.3 is 0 Å². The van der Waals surface area contributed by atoms with Crippen LogP contribution in [0.2, 0.25) is 0 Å². The van der Waals surface area contributed by atoms with E-state index in [0.29, 0.717) is 31.5 Å². The van der Waals surface area contributed by atoms with Gasteiger partial charge in [0, 0.05) is 0 Å². The quantitative estimate of drug-likeness (QED) is 0.625. The molecular weight excluding hydrogens is 341 g/mol. The summed E-state index contributed by atoms with van der Waals surface area (Å²) in [5.74, 6) is -3.32. The fourth-order valence-corrected chi connectivity index (χ4v) is 7.44. The van der Waals surface area contributed by atoms with Gasteiger partial charge in [-0.25, -0.2) is 0 Å². The summed E-state index contributed by atoms with van der Waals surface area (Å²) in [5.41, 5.74) is 1.64. The van der Waals surface area contributed by atoms with E-state index in [2.05, 4.69) is 21.6 Å². The molecule has 0 bridgehead atoms. The first kappa shape index (κ1) is 17.6. The molecule has 0 aliphatic rings. The van der Waals surface area contributed by atoms with Crippen molar-refractivity contribution in [1.82, 2.24) is 0 Å². The van der Waals surface area contributed by atoms with Gasteiger partial charge >= 0.3 is 129 Å². The molecule has 4 nitrogen and oxygen atoms in total. The second kappa shape index (κ2) is 7.49. The van der Waals surface area contributed by atoms with E-state index in [9.17, 15) is 0 Å². The second-order valence-electron chi connectivity index (χ2n) is 4.16. The molecule has 0 saturated carbocycles. The third-order valence-corrected chi connectivity index (χ3v) is 8.36. The number of hydrogen-bond acceptors (Lipinski definition) is 4. The zero-order chi connectivity index (χ0) is 15.1. The third-order valence-electron chi connectivity index (χ3n) is 2.64. The van der Waals surface area contributed by atoms with Crippen LogP contribution in [0.3, 0.4) is 0 Å². The van der Waals surface area contributed by atoms with Crippen LogP contribution in [0.25, 0.3) is 0 Å². The molecule has 0 saturated heterocycles. The average molecular weight is 362 g/mol. The van der Waals surface area contributed by atoms with Gasteiger partial charge in [-0.2, -0.15) is 0 Å². The van der Waals surface area contributed by atoms with E-state index in [1.165, 1.54) is 0 Å². The molecule has 1 rings (SSSR count). The van der Waals surface area contributed by atoms with Crippen LogP contribution in [0.4, 0.5) is 0 Å². The molecular formula is C14H21BrNO3P. The Morgan fingerprint density at radius 3 is 1.80 bits per heavy atom. The van der Waals surface area contributed by atoms with Crippen LogP contribution in [-0.2, 0) is 19.7 Å². The van der Waals surface area contributed by atoms with Crippen molar-refractivity contribution in [3.8, 4) is 6.07 Å². The molecule has 1 aromatic rings. The molecule has 0 N–H and O–H groups in total. The van der Waals surface area contributed by atoms with Gasteiger partial charge in [-0.3, -0.25) is 0 Å². The van der Waals surface area contributed by atoms with Crippen molar-refractivity contribution >= 4 is 21.5 Å². The van der Waals surface area contributed by atoms with Crippen molar-refractivity contribution in [3.05, 3.63) is 35.4 Å². The topological polar surface area (TPSA) is 51.5 Å². The molecule has 0 amide bonds. The Labute approximate surface area is 128 Å². The molecule has 0 radical (unpaired) electrons. The fourth-order valence-electron chi connectivity index (χ4n) is 1.96. The molecule has 0 aliphatic heterocycles. The first-order chi connectivity index (χ1) is 9.49. The van der Waals surface area contributed by atoms with E-state index in [0.717, 1.165) is 5.56 Å². The molecule has 0 fully saturated rings. The van der Waals surface area contributed by atoms with Gasteiger partial charge in [0.25, 0.3) is 0 Å². The number of nitriles is 1. The van der Waals surface area contributed by atoms with Crippen molar-refractivity contribution in [2.75, 3.05) is 19.8 Å². The normalized spacial score (nSPS) is 13.4. The van der Waals surface area contributed by atoms with Crippen molar-refractivity contribution < 1.29 is 13.6 Å². The second-order valence-corrected chi connectivity index (χ2v) is 11.2. The molecule has 0 heterocycles. The van der Waals surface area contributed by atoms with Crippen LogP contribution in [0.1, 0.15) is 31.9 Å². The van der Waals surface area contributed by atoms with Crippen LogP contribution in [0.15, 0.2) is 24.3 Å². The first-order valence-electron chi connectivity index (χ1n) is 6.67. The summed E-state index contributed by atoms with van der Waals surface area (Å²) in [7, 11) is 0. The van der Waals surface area contributed by atoms with E-state index in [4.69, 9.17) is 18.8 Å². The fraction of sp³-hybridized carbons (Fsp3) is 0.500. The Morgan fingerprint density at radius 1 is 1.00 bits per heavy atom. The third kappa shape index (κ3) is 4.51. The predicted octanol–water partition coefficient (Wildman–Crippen LogP) is 4.78. The summed E-state index contributed by atoms with van der Waals surface area (Å²) in [4.78, 5) is 0. The Kier molecular flexibility index (Phi) is 6.57. The van der Waals surface area contributed by atoms with Crippen LogP contribution in [0, 0.1) is 11.3 Å². The monoisotopic (exact) mass is 361 g/mol. The number of rotatable bonds is 8. The van der Waals surface area contributed by atoms with E-state index >= 15 is 0 Å². The summed E-state index contributed by atoms with van der Waals surface area (Å²) >= 11 is 3.64. The van der Waals surface area contributed by atoms with Crippen molar-refractivity contribution in [1.29, 1.82) is 5.26 Å². The van der Waals surface area contributed by atoms with Crippen LogP contribution in [-0.4, -0.2) is 19.8 Å². The SMILES string of the molecule is CCOP(Br)(Cc1ccc(C#N)cc1)(OCC)OCC. The number of halogens is 1. The Bertz CT molecular complexity index is 453. The Balaban J connectivity index is 3.06. The minimum absolute atomic E-state index is 0.499. The molecule has 6 heteroatoms.